The zero-order valence-electron chi connectivity index (χ0n) is 11.9. The monoisotopic (exact) mass is 243 g/mol. The molecule has 0 saturated carbocycles. The molecule has 1 N–H and O–H groups in total. The van der Waals surface area contributed by atoms with E-state index in [4.69, 9.17) is 9.47 Å². The summed E-state index contributed by atoms with van der Waals surface area (Å²) < 4.78 is 11.4. The van der Waals surface area contributed by atoms with Gasteiger partial charge in [-0.15, -0.1) is 0 Å². The Kier molecular flexibility index (Phi) is 6.45. The van der Waals surface area contributed by atoms with Gasteiger partial charge in [0.15, 0.2) is 0 Å². The van der Waals surface area contributed by atoms with E-state index in [1.165, 1.54) is 12.8 Å². The summed E-state index contributed by atoms with van der Waals surface area (Å²) in [5.41, 5.74) is -0.0250. The second-order valence-electron chi connectivity index (χ2n) is 5.20. The largest absolute Gasteiger partial charge is 0.381 e. The first-order chi connectivity index (χ1) is 8.20. The molecule has 1 saturated heterocycles. The minimum absolute atomic E-state index is 0.0250. The lowest BCUT2D eigenvalue weighted by Crippen LogP contribution is -2.57. The highest BCUT2D eigenvalue weighted by Crippen LogP contribution is 2.32. The zero-order valence-corrected chi connectivity index (χ0v) is 11.9. The SMILES string of the molecule is CCCNC(C(C)CC)C1(OC)CCOCC1. The molecule has 1 heterocycles. The van der Waals surface area contributed by atoms with Crippen LogP contribution in [-0.4, -0.2) is 38.5 Å². The third-order valence-corrected chi connectivity index (χ3v) is 4.14. The van der Waals surface area contributed by atoms with Crippen molar-refractivity contribution in [3.63, 3.8) is 0 Å². The van der Waals surface area contributed by atoms with Gasteiger partial charge in [0, 0.05) is 39.2 Å². The Bertz CT molecular complexity index is 202. The Morgan fingerprint density at radius 2 is 1.94 bits per heavy atom. The van der Waals surface area contributed by atoms with Crippen LogP contribution in [0.2, 0.25) is 0 Å². The van der Waals surface area contributed by atoms with Crippen LogP contribution >= 0.6 is 0 Å². The molecule has 0 aromatic rings. The van der Waals surface area contributed by atoms with Gasteiger partial charge < -0.3 is 14.8 Å². The highest BCUT2D eigenvalue weighted by molar-refractivity contribution is 4.97. The summed E-state index contributed by atoms with van der Waals surface area (Å²) in [6.07, 6.45) is 4.38. The standard InChI is InChI=1S/C14H29NO2/c1-5-9-15-13(12(3)6-2)14(16-4)7-10-17-11-8-14/h12-13,15H,5-11H2,1-4H3. The van der Waals surface area contributed by atoms with Gasteiger partial charge in [-0.2, -0.15) is 0 Å². The van der Waals surface area contributed by atoms with Crippen molar-refractivity contribution in [3.8, 4) is 0 Å². The van der Waals surface area contributed by atoms with Crippen molar-refractivity contribution in [2.75, 3.05) is 26.9 Å². The number of methoxy groups -OCH3 is 1. The molecule has 0 amide bonds. The summed E-state index contributed by atoms with van der Waals surface area (Å²) in [5.74, 6) is 0.639. The molecule has 3 heteroatoms. The maximum Gasteiger partial charge on any atom is 0.0877 e. The quantitative estimate of drug-likeness (QED) is 0.745. The molecule has 0 spiro atoms. The summed E-state index contributed by atoms with van der Waals surface area (Å²) in [5, 5.41) is 3.70. The fourth-order valence-corrected chi connectivity index (χ4v) is 2.80. The summed E-state index contributed by atoms with van der Waals surface area (Å²) in [6, 6.07) is 0.446. The molecule has 2 atom stereocenters. The molecule has 1 rings (SSSR count). The van der Waals surface area contributed by atoms with E-state index >= 15 is 0 Å². The summed E-state index contributed by atoms with van der Waals surface area (Å²) >= 11 is 0. The molecule has 0 bridgehead atoms. The van der Waals surface area contributed by atoms with Crippen LogP contribution in [-0.2, 0) is 9.47 Å². The maximum absolute atomic E-state index is 5.92. The van der Waals surface area contributed by atoms with E-state index in [0.29, 0.717) is 12.0 Å². The zero-order chi connectivity index (χ0) is 12.7. The highest BCUT2D eigenvalue weighted by Gasteiger charge is 2.42. The Labute approximate surface area is 106 Å². The van der Waals surface area contributed by atoms with Crippen LogP contribution in [0.25, 0.3) is 0 Å². The van der Waals surface area contributed by atoms with Gasteiger partial charge in [0.25, 0.3) is 0 Å². The Morgan fingerprint density at radius 3 is 2.41 bits per heavy atom. The van der Waals surface area contributed by atoms with Crippen LogP contribution in [0.5, 0.6) is 0 Å². The van der Waals surface area contributed by atoms with Gasteiger partial charge in [-0.25, -0.2) is 0 Å². The van der Waals surface area contributed by atoms with Gasteiger partial charge in [-0.05, 0) is 18.9 Å². The third kappa shape index (κ3) is 3.67. The van der Waals surface area contributed by atoms with Gasteiger partial charge in [-0.3, -0.25) is 0 Å². The van der Waals surface area contributed by atoms with E-state index in [2.05, 4.69) is 26.1 Å². The van der Waals surface area contributed by atoms with Crippen molar-refractivity contribution in [1.82, 2.24) is 5.32 Å². The Balaban J connectivity index is 2.75. The lowest BCUT2D eigenvalue weighted by Gasteiger charge is -2.45. The second-order valence-corrected chi connectivity index (χ2v) is 5.20. The molecule has 0 radical (unpaired) electrons. The fourth-order valence-electron chi connectivity index (χ4n) is 2.80. The van der Waals surface area contributed by atoms with Gasteiger partial charge in [0.1, 0.15) is 0 Å². The minimum atomic E-state index is -0.0250. The van der Waals surface area contributed by atoms with Gasteiger partial charge >= 0.3 is 0 Å². The normalized spacial score (nSPS) is 23.3. The topological polar surface area (TPSA) is 30.5 Å². The number of hydrogen-bond donors (Lipinski definition) is 1. The molecule has 0 aromatic heterocycles. The average Bonchev–Trinajstić information content (AvgIpc) is 2.39. The number of nitrogens with one attached hydrogen (secondary N) is 1. The van der Waals surface area contributed by atoms with Crippen molar-refractivity contribution >= 4 is 0 Å². The van der Waals surface area contributed by atoms with E-state index in [1.807, 2.05) is 7.11 Å². The lowest BCUT2D eigenvalue weighted by molar-refractivity contribution is -0.119. The van der Waals surface area contributed by atoms with E-state index in [1.54, 1.807) is 0 Å². The van der Waals surface area contributed by atoms with Crippen molar-refractivity contribution in [1.29, 1.82) is 0 Å². The van der Waals surface area contributed by atoms with Gasteiger partial charge in [0.05, 0.1) is 5.60 Å². The van der Waals surface area contributed by atoms with Crippen molar-refractivity contribution in [3.05, 3.63) is 0 Å². The molecule has 2 unspecified atom stereocenters. The third-order valence-electron chi connectivity index (χ3n) is 4.14. The van der Waals surface area contributed by atoms with Crippen LogP contribution in [0, 0.1) is 5.92 Å². The molecular formula is C14H29NO2. The van der Waals surface area contributed by atoms with E-state index in [-0.39, 0.29) is 5.60 Å². The van der Waals surface area contributed by atoms with Crippen LogP contribution in [0.4, 0.5) is 0 Å². The Morgan fingerprint density at radius 1 is 1.29 bits per heavy atom. The molecule has 17 heavy (non-hydrogen) atoms. The molecule has 1 aliphatic heterocycles. The van der Waals surface area contributed by atoms with Crippen LogP contribution < -0.4 is 5.32 Å². The predicted octanol–water partition coefficient (Wildman–Crippen LogP) is 2.60. The van der Waals surface area contributed by atoms with Crippen LogP contribution in [0.15, 0.2) is 0 Å². The van der Waals surface area contributed by atoms with E-state index in [9.17, 15) is 0 Å². The summed E-state index contributed by atoms with van der Waals surface area (Å²) in [6.45, 7) is 9.52. The van der Waals surface area contributed by atoms with Crippen molar-refractivity contribution in [2.45, 2.75) is 58.1 Å². The predicted molar refractivity (Wildman–Crippen MR) is 71.3 cm³/mol. The van der Waals surface area contributed by atoms with Crippen LogP contribution in [0.3, 0.4) is 0 Å². The number of hydrogen-bond acceptors (Lipinski definition) is 3. The van der Waals surface area contributed by atoms with E-state index in [0.717, 1.165) is 32.6 Å². The first-order valence-electron chi connectivity index (χ1n) is 7.06. The number of rotatable bonds is 7. The first kappa shape index (κ1) is 14.9. The van der Waals surface area contributed by atoms with Crippen LogP contribution in [0.1, 0.15) is 46.5 Å². The molecule has 1 fully saturated rings. The van der Waals surface area contributed by atoms with Gasteiger partial charge in [0.2, 0.25) is 0 Å². The smallest absolute Gasteiger partial charge is 0.0877 e. The summed E-state index contributed by atoms with van der Waals surface area (Å²) in [7, 11) is 1.86. The average molecular weight is 243 g/mol. The second kappa shape index (κ2) is 7.34. The van der Waals surface area contributed by atoms with Crippen molar-refractivity contribution < 1.29 is 9.47 Å². The molecule has 0 aliphatic carbocycles. The van der Waals surface area contributed by atoms with Gasteiger partial charge in [-0.1, -0.05) is 27.2 Å². The maximum atomic E-state index is 5.92. The molecule has 0 aromatic carbocycles. The first-order valence-corrected chi connectivity index (χ1v) is 7.06. The fraction of sp³-hybridized carbons (Fsp3) is 1.00. The lowest BCUT2D eigenvalue weighted by atomic mass is 9.78. The molecule has 102 valence electrons. The number of ether oxygens (including phenoxy) is 2. The molecule has 3 nitrogen and oxygen atoms in total. The molecule has 1 aliphatic rings. The van der Waals surface area contributed by atoms with Crippen molar-refractivity contribution in [2.24, 2.45) is 5.92 Å². The minimum Gasteiger partial charge on any atom is -0.381 e. The molecular weight excluding hydrogens is 214 g/mol. The summed E-state index contributed by atoms with van der Waals surface area (Å²) in [4.78, 5) is 0. The Hall–Kier alpha value is -0.120. The van der Waals surface area contributed by atoms with E-state index < -0.39 is 0 Å². The highest BCUT2D eigenvalue weighted by atomic mass is 16.5.